The second-order valence-corrected chi connectivity index (χ2v) is 5.54. The zero-order valence-electron chi connectivity index (χ0n) is 13.8. The van der Waals surface area contributed by atoms with Gasteiger partial charge in [-0.3, -0.25) is 4.79 Å². The number of amides is 1. The summed E-state index contributed by atoms with van der Waals surface area (Å²) in [4.78, 5) is 27.5. The maximum Gasteiger partial charge on any atom is 0.345 e. The molecule has 7 heteroatoms. The van der Waals surface area contributed by atoms with Gasteiger partial charge in [0.05, 0.1) is 23.6 Å². The SMILES string of the molecule is Cc1c(C(=O)Oc2ccc(O[C@@H](C)C(N)=O)cc2)ccc2cncn12. The van der Waals surface area contributed by atoms with Crippen LogP contribution >= 0.6 is 0 Å². The smallest absolute Gasteiger partial charge is 0.345 e. The first kappa shape index (κ1) is 16.5. The molecule has 0 saturated heterocycles. The van der Waals surface area contributed by atoms with Gasteiger partial charge in [-0.2, -0.15) is 0 Å². The molecule has 0 aliphatic carbocycles. The first-order valence-corrected chi connectivity index (χ1v) is 7.65. The molecule has 0 spiro atoms. The highest BCUT2D eigenvalue weighted by atomic mass is 16.5. The highest BCUT2D eigenvalue weighted by molar-refractivity contribution is 5.92. The minimum absolute atomic E-state index is 0.370. The maximum absolute atomic E-state index is 12.4. The van der Waals surface area contributed by atoms with Crippen molar-refractivity contribution >= 4 is 17.4 Å². The van der Waals surface area contributed by atoms with Crippen LogP contribution < -0.4 is 15.2 Å². The molecule has 0 bridgehead atoms. The number of ether oxygens (including phenoxy) is 2. The summed E-state index contributed by atoms with van der Waals surface area (Å²) in [7, 11) is 0. The van der Waals surface area contributed by atoms with Gasteiger partial charge in [-0.15, -0.1) is 0 Å². The molecular weight excluding hydrogens is 322 g/mol. The van der Waals surface area contributed by atoms with Gasteiger partial charge < -0.3 is 19.6 Å². The topological polar surface area (TPSA) is 95.9 Å². The third-order valence-electron chi connectivity index (χ3n) is 3.81. The number of fused-ring (bicyclic) bond motifs is 1. The standard InChI is InChI=1S/C18H17N3O4/c1-11-16(8-3-13-9-20-10-21(11)13)18(23)25-15-6-4-14(5-7-15)24-12(2)17(19)22/h3-10,12H,1-2H3,(H2,19,22)/t12-/m0/s1. The number of primary amides is 1. The third kappa shape index (κ3) is 3.45. The normalized spacial score (nSPS) is 11.9. The molecule has 2 heterocycles. The lowest BCUT2D eigenvalue weighted by Crippen LogP contribution is -2.30. The molecule has 0 saturated carbocycles. The molecule has 3 rings (SSSR count). The Morgan fingerprint density at radius 1 is 1.12 bits per heavy atom. The summed E-state index contributed by atoms with van der Waals surface area (Å²) in [5, 5.41) is 0. The van der Waals surface area contributed by atoms with E-state index in [2.05, 4.69) is 4.98 Å². The van der Waals surface area contributed by atoms with Gasteiger partial charge in [-0.1, -0.05) is 0 Å². The highest BCUT2D eigenvalue weighted by Crippen LogP contribution is 2.21. The average molecular weight is 339 g/mol. The number of nitrogens with two attached hydrogens (primary N) is 1. The number of hydrogen-bond acceptors (Lipinski definition) is 5. The number of aromatic nitrogens is 2. The van der Waals surface area contributed by atoms with Crippen molar-refractivity contribution < 1.29 is 19.1 Å². The van der Waals surface area contributed by atoms with Crippen molar-refractivity contribution in [2.24, 2.45) is 5.73 Å². The Morgan fingerprint density at radius 2 is 1.80 bits per heavy atom. The van der Waals surface area contributed by atoms with Gasteiger partial charge >= 0.3 is 5.97 Å². The number of carbonyl (C=O) groups is 2. The molecule has 25 heavy (non-hydrogen) atoms. The van der Waals surface area contributed by atoms with Crippen LogP contribution in [0.4, 0.5) is 0 Å². The predicted molar refractivity (Wildman–Crippen MR) is 90.6 cm³/mol. The van der Waals surface area contributed by atoms with E-state index in [1.165, 1.54) is 0 Å². The monoisotopic (exact) mass is 339 g/mol. The van der Waals surface area contributed by atoms with Crippen molar-refractivity contribution in [3.8, 4) is 11.5 Å². The lowest BCUT2D eigenvalue weighted by atomic mass is 10.2. The molecule has 2 aromatic heterocycles. The Kier molecular flexibility index (Phi) is 4.38. The maximum atomic E-state index is 12.4. The molecule has 3 aromatic rings. The molecule has 7 nitrogen and oxygen atoms in total. The number of esters is 1. The van der Waals surface area contributed by atoms with Crippen LogP contribution in [0, 0.1) is 6.92 Å². The van der Waals surface area contributed by atoms with E-state index in [9.17, 15) is 9.59 Å². The molecule has 0 aliphatic rings. The van der Waals surface area contributed by atoms with Gasteiger partial charge in [0.25, 0.3) is 5.91 Å². The van der Waals surface area contributed by atoms with Gasteiger partial charge in [-0.25, -0.2) is 9.78 Å². The van der Waals surface area contributed by atoms with Crippen LogP contribution in [0.25, 0.3) is 5.52 Å². The minimum atomic E-state index is -0.738. The van der Waals surface area contributed by atoms with Gasteiger partial charge in [0, 0.05) is 5.69 Å². The van der Waals surface area contributed by atoms with E-state index in [4.69, 9.17) is 15.2 Å². The quantitative estimate of drug-likeness (QED) is 0.567. The molecule has 2 N–H and O–H groups in total. The molecule has 0 aliphatic heterocycles. The summed E-state index contributed by atoms with van der Waals surface area (Å²) in [6.45, 7) is 3.39. The van der Waals surface area contributed by atoms with E-state index in [1.807, 2.05) is 11.3 Å². The van der Waals surface area contributed by atoms with E-state index in [0.717, 1.165) is 11.2 Å². The fraction of sp³-hybridized carbons (Fsp3) is 0.167. The summed E-state index contributed by atoms with van der Waals surface area (Å²) in [6, 6.07) is 9.90. The van der Waals surface area contributed by atoms with E-state index in [-0.39, 0.29) is 0 Å². The van der Waals surface area contributed by atoms with E-state index < -0.39 is 18.0 Å². The van der Waals surface area contributed by atoms with E-state index >= 15 is 0 Å². The number of hydrogen-bond donors (Lipinski definition) is 1. The van der Waals surface area contributed by atoms with Crippen LogP contribution in [-0.2, 0) is 4.79 Å². The van der Waals surface area contributed by atoms with Gasteiger partial charge in [0.15, 0.2) is 6.10 Å². The molecule has 128 valence electrons. The fourth-order valence-electron chi connectivity index (χ4n) is 2.35. The summed E-state index contributed by atoms with van der Waals surface area (Å²) in [6.07, 6.45) is 2.62. The number of nitrogens with zero attached hydrogens (tertiary/aromatic N) is 2. The van der Waals surface area contributed by atoms with Crippen LogP contribution in [0.3, 0.4) is 0 Å². The van der Waals surface area contributed by atoms with Crippen molar-refractivity contribution in [1.29, 1.82) is 0 Å². The second-order valence-electron chi connectivity index (χ2n) is 5.54. The number of rotatable bonds is 5. The molecule has 0 fully saturated rings. The number of carbonyl (C=O) groups excluding carboxylic acids is 2. The van der Waals surface area contributed by atoms with E-state index in [0.29, 0.717) is 17.1 Å². The fourth-order valence-corrected chi connectivity index (χ4v) is 2.35. The van der Waals surface area contributed by atoms with Crippen LogP contribution in [0.2, 0.25) is 0 Å². The summed E-state index contributed by atoms with van der Waals surface area (Å²) in [5.41, 5.74) is 7.25. The molecule has 1 aromatic carbocycles. The lowest BCUT2D eigenvalue weighted by Gasteiger charge is -2.12. The Bertz CT molecular complexity index is 931. The van der Waals surface area contributed by atoms with Crippen molar-refractivity contribution in [1.82, 2.24) is 9.38 Å². The number of aryl methyl sites for hydroxylation is 1. The molecule has 0 unspecified atom stereocenters. The van der Waals surface area contributed by atoms with Crippen LogP contribution in [-0.4, -0.2) is 27.4 Å². The van der Waals surface area contributed by atoms with Crippen LogP contribution in [0.5, 0.6) is 11.5 Å². The van der Waals surface area contributed by atoms with Crippen molar-refractivity contribution in [2.45, 2.75) is 20.0 Å². The zero-order chi connectivity index (χ0) is 18.0. The first-order chi connectivity index (χ1) is 12.0. The largest absolute Gasteiger partial charge is 0.481 e. The third-order valence-corrected chi connectivity index (χ3v) is 3.81. The van der Waals surface area contributed by atoms with Crippen LogP contribution in [0.1, 0.15) is 23.0 Å². The van der Waals surface area contributed by atoms with Crippen molar-refractivity contribution in [2.75, 3.05) is 0 Å². The Labute approximate surface area is 144 Å². The molecule has 1 atom stereocenters. The van der Waals surface area contributed by atoms with Gasteiger partial charge in [0.1, 0.15) is 11.5 Å². The Hall–Kier alpha value is -3.35. The Morgan fingerprint density at radius 3 is 2.48 bits per heavy atom. The second kappa shape index (κ2) is 6.64. The number of pyridine rings is 1. The number of benzene rings is 1. The summed E-state index contributed by atoms with van der Waals surface area (Å²) >= 11 is 0. The van der Waals surface area contributed by atoms with Crippen LogP contribution in [0.15, 0.2) is 48.9 Å². The highest BCUT2D eigenvalue weighted by Gasteiger charge is 2.15. The summed E-state index contributed by atoms with van der Waals surface area (Å²) in [5.74, 6) is -0.190. The average Bonchev–Trinajstić information content (AvgIpc) is 3.06. The first-order valence-electron chi connectivity index (χ1n) is 7.65. The van der Waals surface area contributed by atoms with Gasteiger partial charge in [-0.05, 0) is 50.2 Å². The Balaban J connectivity index is 1.74. The van der Waals surface area contributed by atoms with Crippen molar-refractivity contribution in [3.63, 3.8) is 0 Å². The molecule has 0 radical (unpaired) electrons. The predicted octanol–water partition coefficient (Wildman–Crippen LogP) is 2.11. The zero-order valence-corrected chi connectivity index (χ0v) is 13.8. The number of imidazole rings is 1. The van der Waals surface area contributed by atoms with E-state index in [1.54, 1.807) is 55.8 Å². The lowest BCUT2D eigenvalue weighted by molar-refractivity contribution is -0.123. The minimum Gasteiger partial charge on any atom is -0.481 e. The van der Waals surface area contributed by atoms with Crippen molar-refractivity contribution in [3.05, 3.63) is 60.2 Å². The summed E-state index contributed by atoms with van der Waals surface area (Å²) < 4.78 is 12.6. The molecule has 1 amide bonds. The van der Waals surface area contributed by atoms with Gasteiger partial charge in [0.2, 0.25) is 0 Å². The molecular formula is C18H17N3O4.